The first kappa shape index (κ1) is 24.9. The molecule has 1 N–H and O–H groups in total. The zero-order chi connectivity index (χ0) is 24.2. The Morgan fingerprint density at radius 3 is 2.36 bits per heavy atom. The van der Waals surface area contributed by atoms with E-state index in [4.69, 9.17) is 0 Å². The van der Waals surface area contributed by atoms with Gasteiger partial charge in [-0.3, -0.25) is 9.59 Å². The highest BCUT2D eigenvalue weighted by molar-refractivity contribution is 7.89. The Labute approximate surface area is 194 Å². The molecule has 1 heterocycles. The van der Waals surface area contributed by atoms with Crippen LogP contribution in [0.15, 0.2) is 53.4 Å². The first-order valence-electron chi connectivity index (χ1n) is 10.9. The number of amides is 2. The molecule has 0 bridgehead atoms. The molecule has 7 nitrogen and oxygen atoms in total. The van der Waals surface area contributed by atoms with E-state index < -0.39 is 10.0 Å². The highest BCUT2D eigenvalue weighted by atomic mass is 32.2. The number of likely N-dealkylation sites (tertiary alicyclic amines) is 1. The highest BCUT2D eigenvalue weighted by Crippen LogP contribution is 2.21. The van der Waals surface area contributed by atoms with E-state index in [1.165, 1.54) is 38.4 Å². The lowest BCUT2D eigenvalue weighted by Gasteiger charge is -2.33. The van der Waals surface area contributed by atoms with Gasteiger partial charge in [-0.05, 0) is 55.2 Å². The number of sulfonamides is 1. The minimum atomic E-state index is -3.51. The average molecular weight is 476 g/mol. The van der Waals surface area contributed by atoms with Gasteiger partial charge in [0.15, 0.2) is 0 Å². The Morgan fingerprint density at radius 2 is 1.76 bits per heavy atom. The van der Waals surface area contributed by atoms with E-state index in [2.05, 4.69) is 5.32 Å². The Kier molecular flexibility index (Phi) is 7.86. The molecule has 1 saturated heterocycles. The monoisotopic (exact) mass is 475 g/mol. The maximum atomic E-state index is 13.1. The number of nitrogens with one attached hydrogen (secondary N) is 1. The van der Waals surface area contributed by atoms with Gasteiger partial charge in [0, 0.05) is 27.2 Å². The smallest absolute Gasteiger partial charge is 0.242 e. The predicted molar refractivity (Wildman–Crippen MR) is 123 cm³/mol. The van der Waals surface area contributed by atoms with Gasteiger partial charge >= 0.3 is 0 Å². The maximum absolute atomic E-state index is 13.1. The minimum Gasteiger partial charge on any atom is -0.349 e. The van der Waals surface area contributed by atoms with Gasteiger partial charge in [0.2, 0.25) is 21.8 Å². The Balaban J connectivity index is 1.58. The van der Waals surface area contributed by atoms with Crippen LogP contribution >= 0.6 is 0 Å². The second-order valence-electron chi connectivity index (χ2n) is 8.57. The van der Waals surface area contributed by atoms with Crippen LogP contribution in [0.1, 0.15) is 36.9 Å². The lowest BCUT2D eigenvalue weighted by atomic mass is 9.95. The summed E-state index contributed by atoms with van der Waals surface area (Å²) >= 11 is 0. The van der Waals surface area contributed by atoms with Gasteiger partial charge in [0.05, 0.1) is 23.3 Å². The summed E-state index contributed by atoms with van der Waals surface area (Å²) in [5.74, 6) is -0.868. The number of nitrogens with zero attached hydrogens (tertiary/aromatic N) is 2. The molecule has 2 aromatic rings. The number of carbonyl (C=O) groups is 2. The molecule has 1 aliphatic rings. The normalized spacial score (nSPS) is 17.6. The van der Waals surface area contributed by atoms with E-state index >= 15 is 0 Å². The van der Waals surface area contributed by atoms with Gasteiger partial charge in [-0.15, -0.1) is 0 Å². The molecule has 9 heteroatoms. The fraction of sp³-hybridized carbons (Fsp3) is 0.417. The van der Waals surface area contributed by atoms with Crippen LogP contribution in [0.2, 0.25) is 0 Å². The Morgan fingerprint density at radius 1 is 1.12 bits per heavy atom. The van der Waals surface area contributed by atoms with Crippen LogP contribution in [0.25, 0.3) is 0 Å². The molecule has 0 aliphatic carbocycles. The van der Waals surface area contributed by atoms with Crippen molar-refractivity contribution in [3.8, 4) is 0 Å². The predicted octanol–water partition coefficient (Wildman–Crippen LogP) is 2.73. The van der Waals surface area contributed by atoms with Crippen LogP contribution in [0.4, 0.5) is 4.39 Å². The molecule has 3 rings (SSSR count). The summed E-state index contributed by atoms with van der Waals surface area (Å²) in [5.41, 5.74) is 1.53. The molecular weight excluding hydrogens is 445 g/mol. The topological polar surface area (TPSA) is 86.8 Å². The van der Waals surface area contributed by atoms with Crippen molar-refractivity contribution in [3.63, 3.8) is 0 Å². The van der Waals surface area contributed by atoms with E-state index in [0.717, 1.165) is 21.9 Å². The van der Waals surface area contributed by atoms with E-state index in [9.17, 15) is 22.4 Å². The Bertz CT molecular complexity index is 1090. The van der Waals surface area contributed by atoms with Gasteiger partial charge in [0.1, 0.15) is 5.82 Å². The number of hydrogen-bond donors (Lipinski definition) is 1. The second-order valence-corrected chi connectivity index (χ2v) is 10.7. The fourth-order valence-electron chi connectivity index (χ4n) is 3.86. The zero-order valence-electron chi connectivity index (χ0n) is 19.1. The second kappa shape index (κ2) is 10.4. The molecule has 2 atom stereocenters. The molecule has 1 fully saturated rings. The molecule has 0 saturated carbocycles. The summed E-state index contributed by atoms with van der Waals surface area (Å²) in [4.78, 5) is 27.4. The third-order valence-electron chi connectivity index (χ3n) is 5.93. The number of benzene rings is 2. The van der Waals surface area contributed by atoms with Crippen LogP contribution in [0.3, 0.4) is 0 Å². The minimum absolute atomic E-state index is 0.0788. The molecule has 1 aliphatic heterocycles. The number of carbonyl (C=O) groups excluding carboxylic acids is 2. The van der Waals surface area contributed by atoms with Crippen molar-refractivity contribution in [2.75, 3.05) is 27.2 Å². The third-order valence-corrected chi connectivity index (χ3v) is 7.76. The van der Waals surface area contributed by atoms with Crippen molar-refractivity contribution >= 4 is 21.8 Å². The molecular formula is C24H30FN3O4S. The molecule has 0 spiro atoms. The molecule has 2 unspecified atom stereocenters. The lowest BCUT2D eigenvalue weighted by Crippen LogP contribution is -2.46. The zero-order valence-corrected chi connectivity index (χ0v) is 19.9. The maximum Gasteiger partial charge on any atom is 0.242 e. The quantitative estimate of drug-likeness (QED) is 0.667. The first-order valence-corrected chi connectivity index (χ1v) is 12.4. The standard InChI is InChI=1S/C24H30FN3O4S/c1-17(19-8-12-22(13-9-19)33(31,32)27(2)3)26-24(30)20-5-4-14-28(16-20)23(29)15-18-6-10-21(25)11-7-18/h6-13,17,20H,4-5,14-16H2,1-3H3,(H,26,30). The van der Waals surface area contributed by atoms with E-state index in [1.807, 2.05) is 6.92 Å². The number of piperidine rings is 1. The molecule has 178 valence electrons. The molecule has 2 amide bonds. The van der Waals surface area contributed by atoms with Gasteiger partial charge in [0.25, 0.3) is 0 Å². The van der Waals surface area contributed by atoms with Crippen molar-refractivity contribution in [2.24, 2.45) is 5.92 Å². The van der Waals surface area contributed by atoms with Gasteiger partial charge < -0.3 is 10.2 Å². The van der Waals surface area contributed by atoms with Crippen molar-refractivity contribution in [2.45, 2.75) is 37.1 Å². The summed E-state index contributed by atoms with van der Waals surface area (Å²) in [7, 11) is -0.556. The fourth-order valence-corrected chi connectivity index (χ4v) is 4.76. The Hall–Kier alpha value is -2.78. The molecule has 33 heavy (non-hydrogen) atoms. The van der Waals surface area contributed by atoms with Gasteiger partial charge in [-0.2, -0.15) is 0 Å². The summed E-state index contributed by atoms with van der Waals surface area (Å²) in [5, 5.41) is 2.98. The number of hydrogen-bond acceptors (Lipinski definition) is 4. The van der Waals surface area contributed by atoms with Crippen LogP contribution < -0.4 is 5.32 Å². The van der Waals surface area contributed by atoms with Crippen molar-refractivity contribution in [3.05, 3.63) is 65.5 Å². The number of halogens is 1. The largest absolute Gasteiger partial charge is 0.349 e. The molecule has 0 radical (unpaired) electrons. The van der Waals surface area contributed by atoms with E-state index in [1.54, 1.807) is 29.2 Å². The summed E-state index contributed by atoms with van der Waals surface area (Å²) in [6.45, 7) is 2.79. The molecule has 2 aromatic carbocycles. The highest BCUT2D eigenvalue weighted by Gasteiger charge is 2.29. The van der Waals surface area contributed by atoms with Crippen LogP contribution in [-0.2, 0) is 26.0 Å². The van der Waals surface area contributed by atoms with Gasteiger partial charge in [-0.1, -0.05) is 24.3 Å². The van der Waals surface area contributed by atoms with Crippen molar-refractivity contribution in [1.82, 2.24) is 14.5 Å². The summed E-state index contributed by atoms with van der Waals surface area (Å²) < 4.78 is 38.7. The van der Waals surface area contributed by atoms with Gasteiger partial charge in [-0.25, -0.2) is 17.1 Å². The van der Waals surface area contributed by atoms with Crippen LogP contribution in [-0.4, -0.2) is 56.6 Å². The van der Waals surface area contributed by atoms with Crippen molar-refractivity contribution < 1.29 is 22.4 Å². The van der Waals surface area contributed by atoms with Crippen LogP contribution in [0.5, 0.6) is 0 Å². The summed E-state index contributed by atoms with van der Waals surface area (Å²) in [6, 6.07) is 12.0. The van der Waals surface area contributed by atoms with Crippen LogP contribution in [0, 0.1) is 11.7 Å². The summed E-state index contributed by atoms with van der Waals surface area (Å²) in [6.07, 6.45) is 1.60. The van der Waals surface area contributed by atoms with Crippen molar-refractivity contribution in [1.29, 1.82) is 0 Å². The number of rotatable bonds is 7. The molecule has 0 aromatic heterocycles. The van der Waals surface area contributed by atoms with E-state index in [-0.39, 0.29) is 40.9 Å². The van der Waals surface area contributed by atoms with E-state index in [0.29, 0.717) is 19.5 Å². The first-order chi connectivity index (χ1) is 15.6. The third kappa shape index (κ3) is 6.17. The average Bonchev–Trinajstić information content (AvgIpc) is 2.80. The lowest BCUT2D eigenvalue weighted by molar-refractivity contribution is -0.135. The SMILES string of the molecule is CC(NC(=O)C1CCCN(C(=O)Cc2ccc(F)cc2)C1)c1ccc(S(=O)(=O)N(C)C)cc1.